The first kappa shape index (κ1) is 20.0. The lowest BCUT2D eigenvalue weighted by molar-refractivity contribution is 0.0716. The molecular weight excluding hydrogens is 378 g/mol. The molecule has 0 spiro atoms. The Hall–Kier alpha value is -3.28. The number of nitrogens with one attached hydrogen (secondary N) is 1. The normalized spacial score (nSPS) is 15.6. The average molecular weight is 405 g/mol. The van der Waals surface area contributed by atoms with Gasteiger partial charge in [-0.1, -0.05) is 12.1 Å². The first-order chi connectivity index (χ1) is 14.4. The summed E-state index contributed by atoms with van der Waals surface area (Å²) in [6.45, 7) is 5.97. The van der Waals surface area contributed by atoms with E-state index >= 15 is 0 Å². The van der Waals surface area contributed by atoms with Gasteiger partial charge in [-0.3, -0.25) is 9.59 Å². The van der Waals surface area contributed by atoms with Gasteiger partial charge in [-0.25, -0.2) is 0 Å². The summed E-state index contributed by atoms with van der Waals surface area (Å²) in [5, 5.41) is 0.667. The molecular formula is C24H27N3O3. The molecule has 0 saturated heterocycles. The van der Waals surface area contributed by atoms with E-state index in [1.54, 1.807) is 19.4 Å². The number of carbonyl (C=O) groups is 1. The lowest BCUT2D eigenvalue weighted by Gasteiger charge is -2.33. The van der Waals surface area contributed by atoms with Crippen LogP contribution in [0.5, 0.6) is 5.75 Å². The molecule has 0 saturated carbocycles. The van der Waals surface area contributed by atoms with Gasteiger partial charge in [0, 0.05) is 30.9 Å². The first-order valence-electron chi connectivity index (χ1n) is 10.2. The molecule has 1 aliphatic carbocycles. The number of nitrogens with zero attached hydrogens (tertiary/aromatic N) is 2. The Bertz CT molecular complexity index is 1190. The minimum Gasteiger partial charge on any atom is -0.497 e. The zero-order valence-electron chi connectivity index (χ0n) is 17.7. The topological polar surface area (TPSA) is 67.3 Å². The van der Waals surface area contributed by atoms with E-state index in [4.69, 9.17) is 4.74 Å². The number of methoxy groups -OCH3 is 1. The second-order valence-electron chi connectivity index (χ2n) is 7.92. The SMILES string of the molecule is C=CCn1cc(C(=O)N(C)C2CCCc3cc(OC)ccc32)c2cc(C)[nH]c2c1=O. The van der Waals surface area contributed by atoms with Crippen LogP contribution in [0.15, 0.2) is 47.9 Å². The van der Waals surface area contributed by atoms with Gasteiger partial charge in [-0.05, 0) is 55.5 Å². The molecule has 156 valence electrons. The Labute approximate surface area is 175 Å². The summed E-state index contributed by atoms with van der Waals surface area (Å²) in [5.41, 5.74) is 4.09. The number of fused-ring (bicyclic) bond motifs is 2. The van der Waals surface area contributed by atoms with E-state index < -0.39 is 0 Å². The molecule has 6 heteroatoms. The van der Waals surface area contributed by atoms with Gasteiger partial charge in [0.2, 0.25) is 0 Å². The van der Waals surface area contributed by atoms with Crippen molar-refractivity contribution in [1.29, 1.82) is 0 Å². The summed E-state index contributed by atoms with van der Waals surface area (Å²) in [7, 11) is 3.51. The third kappa shape index (κ3) is 3.32. The van der Waals surface area contributed by atoms with Crippen LogP contribution in [0.25, 0.3) is 10.9 Å². The van der Waals surface area contributed by atoms with Crippen LogP contribution < -0.4 is 10.3 Å². The largest absolute Gasteiger partial charge is 0.497 e. The molecule has 1 amide bonds. The van der Waals surface area contributed by atoms with Crippen LogP contribution in [0.1, 0.15) is 46.1 Å². The van der Waals surface area contributed by atoms with Crippen LogP contribution in [0.4, 0.5) is 0 Å². The molecule has 6 nitrogen and oxygen atoms in total. The number of hydrogen-bond acceptors (Lipinski definition) is 3. The average Bonchev–Trinajstić information content (AvgIpc) is 3.15. The Kier molecular flexibility index (Phi) is 5.24. The summed E-state index contributed by atoms with van der Waals surface area (Å²) in [5.74, 6) is 0.745. The van der Waals surface area contributed by atoms with E-state index in [0.29, 0.717) is 23.0 Å². The number of allylic oxidation sites excluding steroid dienone is 1. The van der Waals surface area contributed by atoms with Crippen LogP contribution in [0, 0.1) is 6.92 Å². The van der Waals surface area contributed by atoms with Gasteiger partial charge in [0.05, 0.1) is 18.7 Å². The second kappa shape index (κ2) is 7.86. The molecule has 0 aliphatic heterocycles. The minimum absolute atomic E-state index is 0.0120. The lowest BCUT2D eigenvalue weighted by Crippen LogP contribution is -2.34. The van der Waals surface area contributed by atoms with Gasteiger partial charge >= 0.3 is 0 Å². The predicted octanol–water partition coefficient (Wildman–Crippen LogP) is 3.98. The molecule has 4 rings (SSSR count). The summed E-state index contributed by atoms with van der Waals surface area (Å²) in [6, 6.07) is 7.94. The molecule has 1 N–H and O–H groups in total. The molecule has 2 aromatic heterocycles. The number of aromatic nitrogens is 2. The van der Waals surface area contributed by atoms with Crippen LogP contribution in [0.2, 0.25) is 0 Å². The fourth-order valence-electron chi connectivity index (χ4n) is 4.47. The van der Waals surface area contributed by atoms with Gasteiger partial charge in [0.1, 0.15) is 11.3 Å². The fourth-order valence-corrected chi connectivity index (χ4v) is 4.47. The van der Waals surface area contributed by atoms with Crippen LogP contribution in [-0.4, -0.2) is 34.5 Å². The van der Waals surface area contributed by atoms with Gasteiger partial charge in [-0.2, -0.15) is 0 Å². The molecule has 1 atom stereocenters. The lowest BCUT2D eigenvalue weighted by atomic mass is 9.86. The third-order valence-electron chi connectivity index (χ3n) is 5.98. The van der Waals surface area contributed by atoms with Crippen molar-refractivity contribution in [2.75, 3.05) is 14.2 Å². The molecule has 1 unspecified atom stereocenters. The quantitative estimate of drug-likeness (QED) is 0.653. The highest BCUT2D eigenvalue weighted by atomic mass is 16.5. The van der Waals surface area contributed by atoms with Crippen molar-refractivity contribution in [3.8, 4) is 5.75 Å². The van der Waals surface area contributed by atoms with E-state index in [1.807, 2.05) is 31.0 Å². The Balaban J connectivity index is 1.77. The number of pyridine rings is 1. The maximum Gasteiger partial charge on any atom is 0.275 e. The standard InChI is InChI=1S/C24H27N3O3/c1-5-11-27-14-20(19-12-15(2)25-22(19)24(27)29)23(28)26(3)21-8-6-7-16-13-17(30-4)9-10-18(16)21/h5,9-10,12-14,21,25H,1,6-8,11H2,2-4H3. The maximum atomic E-state index is 13.6. The predicted molar refractivity (Wildman–Crippen MR) is 118 cm³/mol. The zero-order chi connectivity index (χ0) is 21.4. The van der Waals surface area contributed by atoms with Gasteiger partial charge in [-0.15, -0.1) is 6.58 Å². The fraction of sp³-hybridized carbons (Fsp3) is 0.333. The Morgan fingerprint density at radius 2 is 2.20 bits per heavy atom. The van der Waals surface area contributed by atoms with Crippen LogP contribution in [0.3, 0.4) is 0 Å². The maximum absolute atomic E-state index is 13.6. The molecule has 0 radical (unpaired) electrons. The van der Waals surface area contributed by atoms with Crippen molar-refractivity contribution in [3.63, 3.8) is 0 Å². The van der Waals surface area contributed by atoms with E-state index in [1.165, 1.54) is 15.7 Å². The van der Waals surface area contributed by atoms with Gasteiger partial charge in [0.15, 0.2) is 0 Å². The molecule has 0 bridgehead atoms. The number of aryl methyl sites for hydroxylation is 2. The molecule has 30 heavy (non-hydrogen) atoms. The molecule has 0 fully saturated rings. The molecule has 1 aromatic carbocycles. The highest BCUT2D eigenvalue weighted by molar-refractivity contribution is 6.06. The monoisotopic (exact) mass is 405 g/mol. The number of aromatic amines is 1. The van der Waals surface area contributed by atoms with Gasteiger partial charge < -0.3 is 19.2 Å². The summed E-state index contributed by atoms with van der Waals surface area (Å²) in [4.78, 5) is 31.3. The van der Waals surface area contributed by atoms with E-state index in [0.717, 1.165) is 30.7 Å². The highest BCUT2D eigenvalue weighted by Gasteiger charge is 2.29. The van der Waals surface area contributed by atoms with Crippen LogP contribution in [-0.2, 0) is 13.0 Å². The smallest absolute Gasteiger partial charge is 0.275 e. The number of H-pyrrole nitrogens is 1. The van der Waals surface area contributed by atoms with E-state index in [9.17, 15) is 9.59 Å². The summed E-state index contributed by atoms with van der Waals surface area (Å²) in [6.07, 6.45) is 6.22. The number of ether oxygens (including phenoxy) is 1. The third-order valence-corrected chi connectivity index (χ3v) is 5.98. The van der Waals surface area contributed by atoms with Crippen molar-refractivity contribution >= 4 is 16.8 Å². The second-order valence-corrected chi connectivity index (χ2v) is 7.92. The van der Waals surface area contributed by atoms with Gasteiger partial charge in [0.25, 0.3) is 11.5 Å². The highest BCUT2D eigenvalue weighted by Crippen LogP contribution is 2.36. The summed E-state index contributed by atoms with van der Waals surface area (Å²) >= 11 is 0. The van der Waals surface area contributed by atoms with E-state index in [-0.39, 0.29) is 17.5 Å². The zero-order valence-corrected chi connectivity index (χ0v) is 17.7. The number of benzene rings is 1. The van der Waals surface area contributed by atoms with Crippen molar-refractivity contribution < 1.29 is 9.53 Å². The van der Waals surface area contributed by atoms with E-state index in [2.05, 4.69) is 23.7 Å². The molecule has 1 aliphatic rings. The van der Waals surface area contributed by atoms with Crippen LogP contribution >= 0.6 is 0 Å². The Morgan fingerprint density at radius 3 is 2.93 bits per heavy atom. The number of hydrogen-bond donors (Lipinski definition) is 1. The number of amides is 1. The molecule has 2 heterocycles. The molecule has 3 aromatic rings. The number of carbonyl (C=O) groups excluding carboxylic acids is 1. The van der Waals surface area contributed by atoms with Crippen molar-refractivity contribution in [3.05, 3.63) is 75.9 Å². The number of rotatable bonds is 5. The van der Waals surface area contributed by atoms with Crippen molar-refractivity contribution in [2.24, 2.45) is 0 Å². The summed E-state index contributed by atoms with van der Waals surface area (Å²) < 4.78 is 6.90. The first-order valence-corrected chi connectivity index (χ1v) is 10.2. The van der Waals surface area contributed by atoms with Crippen molar-refractivity contribution in [2.45, 2.75) is 38.8 Å². The Morgan fingerprint density at radius 1 is 1.40 bits per heavy atom. The minimum atomic E-state index is -0.146. The van der Waals surface area contributed by atoms with Crippen molar-refractivity contribution in [1.82, 2.24) is 14.5 Å².